The molecule has 0 spiro atoms. The molecule has 3 aromatic rings. The Morgan fingerprint density at radius 1 is 1.07 bits per heavy atom. The second-order valence-corrected chi connectivity index (χ2v) is 11.3. The molecule has 4 rings (SSSR count). The summed E-state index contributed by atoms with van der Waals surface area (Å²) in [5, 5.41) is 9.01. The molecule has 1 aliphatic heterocycles. The summed E-state index contributed by atoms with van der Waals surface area (Å²) in [6, 6.07) is 8.74. The number of rotatable bonds is 4. The van der Waals surface area contributed by atoms with Gasteiger partial charge in [0.1, 0.15) is 10.6 Å². The number of carbonyl (C=O) groups excluding carboxylic acids is 1. The van der Waals surface area contributed by atoms with Crippen LogP contribution in [-0.2, 0) is 27.9 Å². The summed E-state index contributed by atoms with van der Waals surface area (Å²) in [4.78, 5) is 16.5. The fraction of sp³-hybridized carbons (Fsp3) is 0.407. The van der Waals surface area contributed by atoms with Gasteiger partial charge in [0.25, 0.3) is 11.8 Å². The Morgan fingerprint density at radius 2 is 1.79 bits per heavy atom. The van der Waals surface area contributed by atoms with Crippen molar-refractivity contribution in [3.8, 4) is 11.6 Å². The number of allylic oxidation sites excluding steroid dienone is 1. The molecule has 8 nitrogen and oxygen atoms in total. The maximum absolute atomic E-state index is 14.8. The number of nitrogens with one attached hydrogen (secondary N) is 1. The molecule has 0 unspecified atom stereocenters. The molecule has 4 bridgehead atoms. The van der Waals surface area contributed by atoms with Gasteiger partial charge in [0, 0.05) is 12.2 Å². The summed E-state index contributed by atoms with van der Waals surface area (Å²) in [6.45, 7) is 4.16. The van der Waals surface area contributed by atoms with E-state index in [0.29, 0.717) is 11.6 Å². The topological polar surface area (TPSA) is 99.4 Å². The molecule has 0 aliphatic carbocycles. The van der Waals surface area contributed by atoms with E-state index in [1.807, 2.05) is 0 Å². The first kappa shape index (κ1) is 31.3. The maximum atomic E-state index is 14.8. The highest BCUT2D eigenvalue weighted by atomic mass is 32.2. The summed E-state index contributed by atoms with van der Waals surface area (Å²) in [5.74, 6) is -1.58. The minimum Gasteiger partial charge on any atom is -0.444 e. The minimum absolute atomic E-state index is 0.0586. The highest BCUT2D eigenvalue weighted by Crippen LogP contribution is 2.47. The van der Waals surface area contributed by atoms with Gasteiger partial charge in [-0.25, -0.2) is 9.78 Å². The Kier molecular flexibility index (Phi) is 8.92. The van der Waals surface area contributed by atoms with Crippen molar-refractivity contribution >= 4 is 23.5 Å². The van der Waals surface area contributed by atoms with Crippen LogP contribution < -0.4 is 5.32 Å². The first-order valence-electron chi connectivity index (χ1n) is 12.6. The lowest BCUT2D eigenvalue weighted by atomic mass is 9.97. The average molecular weight is 617 g/mol. The van der Waals surface area contributed by atoms with Crippen molar-refractivity contribution in [3.05, 3.63) is 65.6 Å². The number of fused-ring (bicyclic) bond motifs is 5. The molecule has 0 saturated carbocycles. The van der Waals surface area contributed by atoms with Crippen molar-refractivity contribution < 1.29 is 45.0 Å². The molecule has 42 heavy (non-hydrogen) atoms. The van der Waals surface area contributed by atoms with Crippen molar-refractivity contribution in [2.24, 2.45) is 0 Å². The number of pyridine rings is 1. The number of anilines is 1. The van der Waals surface area contributed by atoms with Gasteiger partial charge in [-0.1, -0.05) is 42.5 Å². The van der Waals surface area contributed by atoms with E-state index in [1.165, 1.54) is 12.2 Å². The number of alkyl halides is 6. The fourth-order valence-corrected chi connectivity index (χ4v) is 4.80. The molecule has 226 valence electrons. The third-order valence-electron chi connectivity index (χ3n) is 5.78. The number of amides is 1. The van der Waals surface area contributed by atoms with E-state index < -0.39 is 76.4 Å². The van der Waals surface area contributed by atoms with Crippen molar-refractivity contribution in [1.29, 1.82) is 0 Å². The second kappa shape index (κ2) is 12.0. The molecular formula is C27H26F6N4O4S. The number of halogens is 6. The number of nitrogens with zero attached hydrogens (tertiary/aromatic N) is 3. The fourth-order valence-electron chi connectivity index (χ4n) is 3.86. The smallest absolute Gasteiger partial charge is 0.426 e. The van der Waals surface area contributed by atoms with E-state index in [2.05, 4.69) is 20.5 Å². The first-order chi connectivity index (χ1) is 19.6. The Labute approximate surface area is 240 Å². The summed E-state index contributed by atoms with van der Waals surface area (Å²) in [5.41, 5.74) is -5.85. The molecule has 0 saturated heterocycles. The number of benzene rings is 1. The Morgan fingerprint density at radius 3 is 2.43 bits per heavy atom. The lowest BCUT2D eigenvalue weighted by molar-refractivity contribution is -0.295. The molecule has 2 aromatic heterocycles. The van der Waals surface area contributed by atoms with Gasteiger partial charge < -0.3 is 13.9 Å². The van der Waals surface area contributed by atoms with Gasteiger partial charge in [-0.2, -0.15) is 26.3 Å². The summed E-state index contributed by atoms with van der Waals surface area (Å²) >= 11 is 0.734. The van der Waals surface area contributed by atoms with Gasteiger partial charge >= 0.3 is 18.4 Å². The van der Waals surface area contributed by atoms with E-state index >= 15 is 0 Å². The van der Waals surface area contributed by atoms with Crippen molar-refractivity contribution in [1.82, 2.24) is 15.2 Å². The van der Waals surface area contributed by atoms with Crippen LogP contribution in [0.5, 0.6) is 0 Å². The van der Waals surface area contributed by atoms with Crippen LogP contribution in [0, 0.1) is 0 Å². The largest absolute Gasteiger partial charge is 0.444 e. The number of hydrogen-bond acceptors (Lipinski definition) is 8. The Balaban J connectivity index is 1.87. The van der Waals surface area contributed by atoms with Gasteiger partial charge in [0.2, 0.25) is 5.60 Å². The Bertz CT molecular complexity index is 1440. The lowest BCUT2D eigenvalue weighted by Gasteiger charge is -2.31. The van der Waals surface area contributed by atoms with Crippen molar-refractivity contribution in [2.45, 2.75) is 68.8 Å². The van der Waals surface area contributed by atoms with Crippen LogP contribution in [0.1, 0.15) is 50.6 Å². The molecule has 1 aliphatic rings. The van der Waals surface area contributed by atoms with Crippen LogP contribution in [0.15, 0.2) is 58.0 Å². The third-order valence-corrected chi connectivity index (χ3v) is 6.81. The number of hydrogen-bond donors (Lipinski definition) is 1. The molecule has 15 heteroatoms. The normalized spacial score (nSPS) is 18.8. The molecule has 0 radical (unpaired) electrons. The lowest BCUT2D eigenvalue weighted by Crippen LogP contribution is -2.45. The van der Waals surface area contributed by atoms with Gasteiger partial charge in [-0.15, -0.1) is 22.0 Å². The molecule has 1 aromatic carbocycles. The van der Waals surface area contributed by atoms with Crippen LogP contribution >= 0.6 is 11.8 Å². The van der Waals surface area contributed by atoms with Crippen LogP contribution in [0.4, 0.5) is 36.8 Å². The van der Waals surface area contributed by atoms with E-state index in [9.17, 15) is 31.1 Å². The van der Waals surface area contributed by atoms with Crippen LogP contribution in [0.2, 0.25) is 0 Å². The van der Waals surface area contributed by atoms with Gasteiger partial charge in [-0.3, -0.25) is 5.32 Å². The third kappa shape index (κ3) is 7.24. The van der Waals surface area contributed by atoms with Crippen LogP contribution in [0.25, 0.3) is 11.6 Å². The predicted molar refractivity (Wildman–Crippen MR) is 140 cm³/mol. The van der Waals surface area contributed by atoms with E-state index in [0.717, 1.165) is 11.8 Å². The molecule has 0 fully saturated rings. The summed E-state index contributed by atoms with van der Waals surface area (Å²) in [7, 11) is 0. The van der Waals surface area contributed by atoms with E-state index in [-0.39, 0.29) is 12.2 Å². The first-order valence-corrected chi connectivity index (χ1v) is 13.6. The quantitative estimate of drug-likeness (QED) is 0.233. The zero-order chi connectivity index (χ0) is 30.8. The van der Waals surface area contributed by atoms with Gasteiger partial charge in [0.15, 0.2) is 5.69 Å². The minimum atomic E-state index is -5.05. The average Bonchev–Trinajstić information content (AvgIpc) is 3.36. The zero-order valence-electron chi connectivity index (χ0n) is 22.6. The zero-order valence-corrected chi connectivity index (χ0v) is 23.4. The predicted octanol–water partition coefficient (Wildman–Crippen LogP) is 7.91. The van der Waals surface area contributed by atoms with Crippen molar-refractivity contribution in [3.63, 3.8) is 0 Å². The molecule has 1 atom stereocenters. The molecule has 1 N–H and O–H groups in total. The number of carbonyl (C=O) groups is 1. The Hall–Kier alpha value is -3.59. The van der Waals surface area contributed by atoms with E-state index in [1.54, 1.807) is 51.1 Å². The monoisotopic (exact) mass is 616 g/mol. The summed E-state index contributed by atoms with van der Waals surface area (Å²) in [6.07, 6.45) is -9.07. The SMILES string of the molecule is CC(C)(C)OC(=O)Nc1cc(C(F)(F)F)c2nc1-c1nnc(o1)[C@@](OCc1ccccc1)(C(F)(F)F)C/C=C\CCS2. The standard InChI is InChI=1S/C27H26F6N4O4S/c1-24(2,3)41-23(38)34-18-14-17(26(28,29)30)21-35-19(18)20-36-37-22(40-20)25(27(31,32)33,12-8-5-9-13-42-21)39-15-16-10-6-4-7-11-16/h4-8,10-11,14H,9,12-13,15H2,1-3H3,(H,34,38)/b8-5-/t25-/m1/s1. The van der Waals surface area contributed by atoms with Gasteiger partial charge in [-0.05, 0) is 38.8 Å². The van der Waals surface area contributed by atoms with E-state index in [4.69, 9.17) is 13.9 Å². The highest BCUT2D eigenvalue weighted by molar-refractivity contribution is 7.99. The highest BCUT2D eigenvalue weighted by Gasteiger charge is 2.61. The molecule has 1 amide bonds. The van der Waals surface area contributed by atoms with Gasteiger partial charge in [0.05, 0.1) is 17.9 Å². The van der Waals surface area contributed by atoms with Crippen molar-refractivity contribution in [2.75, 3.05) is 11.1 Å². The summed E-state index contributed by atoms with van der Waals surface area (Å²) < 4.78 is 102. The number of aromatic nitrogens is 3. The number of ether oxygens (including phenoxy) is 2. The molecular weight excluding hydrogens is 590 g/mol. The number of thioether (sulfide) groups is 1. The van der Waals surface area contributed by atoms with Crippen LogP contribution in [0.3, 0.4) is 0 Å². The molecule has 3 heterocycles. The second-order valence-electron chi connectivity index (χ2n) is 10.2. The maximum Gasteiger partial charge on any atom is 0.426 e. The van der Waals surface area contributed by atoms with Crippen LogP contribution in [-0.4, -0.2) is 38.8 Å².